The lowest BCUT2D eigenvalue weighted by Gasteiger charge is -2.26. The molecule has 0 aliphatic rings. The predicted octanol–water partition coefficient (Wildman–Crippen LogP) is 3.56. The highest BCUT2D eigenvalue weighted by molar-refractivity contribution is 7.90. The Morgan fingerprint density at radius 2 is 1.74 bits per heavy atom. The molecule has 0 aliphatic carbocycles. The van der Waals surface area contributed by atoms with Gasteiger partial charge >= 0.3 is 5.97 Å². The standard InChI is InChI=1S/C23H31NO6S/c1-5-28-18(4)30-17(3)21(23(25)29-6-2)15-22-19(11-10-14-24-22)16-31(26,27)20-12-8-7-9-13-20/h7-14,17-18,21H,5-6,15-16H2,1-4H3. The van der Waals surface area contributed by atoms with E-state index in [2.05, 4.69) is 4.98 Å². The molecule has 0 N–H and O–H groups in total. The zero-order chi connectivity index (χ0) is 22.9. The summed E-state index contributed by atoms with van der Waals surface area (Å²) in [4.78, 5) is 17.3. The zero-order valence-electron chi connectivity index (χ0n) is 18.5. The van der Waals surface area contributed by atoms with Gasteiger partial charge in [0.2, 0.25) is 0 Å². The summed E-state index contributed by atoms with van der Waals surface area (Å²) in [7, 11) is -3.56. The molecule has 3 atom stereocenters. The Hall–Kier alpha value is -2.29. The fourth-order valence-corrected chi connectivity index (χ4v) is 4.68. The van der Waals surface area contributed by atoms with Crippen molar-refractivity contribution in [1.29, 1.82) is 0 Å². The van der Waals surface area contributed by atoms with Gasteiger partial charge in [0.05, 0.1) is 29.3 Å². The van der Waals surface area contributed by atoms with E-state index in [-0.39, 0.29) is 23.7 Å². The average Bonchev–Trinajstić information content (AvgIpc) is 2.73. The lowest BCUT2D eigenvalue weighted by atomic mass is 9.95. The molecule has 0 saturated heterocycles. The predicted molar refractivity (Wildman–Crippen MR) is 117 cm³/mol. The van der Waals surface area contributed by atoms with Crippen LogP contribution in [0.5, 0.6) is 0 Å². The van der Waals surface area contributed by atoms with Crippen molar-refractivity contribution in [2.45, 2.75) is 57.2 Å². The lowest BCUT2D eigenvalue weighted by molar-refractivity contribution is -0.179. The maximum atomic E-state index is 12.9. The van der Waals surface area contributed by atoms with Gasteiger partial charge in [0.25, 0.3) is 0 Å². The molecule has 0 radical (unpaired) electrons. The monoisotopic (exact) mass is 449 g/mol. The van der Waals surface area contributed by atoms with Gasteiger partial charge in [-0.15, -0.1) is 0 Å². The largest absolute Gasteiger partial charge is 0.466 e. The number of hydrogen-bond donors (Lipinski definition) is 0. The van der Waals surface area contributed by atoms with Gasteiger partial charge in [0.15, 0.2) is 16.1 Å². The van der Waals surface area contributed by atoms with Gasteiger partial charge in [-0.25, -0.2) is 8.42 Å². The Labute approximate surface area is 184 Å². The molecule has 1 aromatic heterocycles. The first-order chi connectivity index (χ1) is 14.8. The van der Waals surface area contributed by atoms with E-state index in [1.807, 2.05) is 6.92 Å². The van der Waals surface area contributed by atoms with Crippen molar-refractivity contribution in [1.82, 2.24) is 4.98 Å². The summed E-state index contributed by atoms with van der Waals surface area (Å²) in [6.07, 6.45) is 0.781. The Kier molecular flexibility index (Phi) is 9.61. The molecule has 1 aromatic carbocycles. The summed E-state index contributed by atoms with van der Waals surface area (Å²) < 4.78 is 42.2. The van der Waals surface area contributed by atoms with Crippen LogP contribution in [0, 0.1) is 5.92 Å². The van der Waals surface area contributed by atoms with E-state index in [0.29, 0.717) is 17.9 Å². The highest BCUT2D eigenvalue weighted by Crippen LogP contribution is 2.23. The van der Waals surface area contributed by atoms with E-state index < -0.39 is 34.1 Å². The molecular weight excluding hydrogens is 418 g/mol. The third-order valence-electron chi connectivity index (χ3n) is 4.81. The quantitative estimate of drug-likeness (QED) is 0.361. The summed E-state index contributed by atoms with van der Waals surface area (Å²) in [6.45, 7) is 7.87. The number of esters is 1. The molecule has 2 rings (SSSR count). The number of carbonyl (C=O) groups is 1. The number of ether oxygens (including phenoxy) is 3. The van der Waals surface area contributed by atoms with Gasteiger partial charge in [-0.3, -0.25) is 9.78 Å². The van der Waals surface area contributed by atoms with Crippen LogP contribution in [0.3, 0.4) is 0 Å². The maximum absolute atomic E-state index is 12.9. The van der Waals surface area contributed by atoms with Crippen LogP contribution in [0.25, 0.3) is 0 Å². The molecule has 3 unspecified atom stereocenters. The minimum absolute atomic E-state index is 0.194. The first kappa shape index (κ1) is 25.0. The molecule has 0 fully saturated rings. The Balaban J connectivity index is 2.28. The van der Waals surface area contributed by atoms with Crippen LogP contribution < -0.4 is 0 Å². The second kappa shape index (κ2) is 11.9. The Morgan fingerprint density at radius 1 is 1.03 bits per heavy atom. The number of sulfone groups is 1. The SMILES string of the molecule is CCOC(=O)C(Cc1ncccc1CS(=O)(=O)c1ccccc1)C(C)OC(C)OCC. The summed E-state index contributed by atoms with van der Waals surface area (Å²) in [5.74, 6) is -1.28. The topological polar surface area (TPSA) is 91.8 Å². The number of hydrogen-bond acceptors (Lipinski definition) is 7. The Morgan fingerprint density at radius 3 is 2.39 bits per heavy atom. The van der Waals surface area contributed by atoms with Crippen molar-refractivity contribution in [3.63, 3.8) is 0 Å². The average molecular weight is 450 g/mol. The van der Waals surface area contributed by atoms with Crippen molar-refractivity contribution in [2.24, 2.45) is 5.92 Å². The highest BCUT2D eigenvalue weighted by atomic mass is 32.2. The number of aromatic nitrogens is 1. The van der Waals surface area contributed by atoms with Crippen molar-refractivity contribution in [3.05, 3.63) is 59.9 Å². The summed E-state index contributed by atoms with van der Waals surface area (Å²) in [6, 6.07) is 11.7. The van der Waals surface area contributed by atoms with E-state index >= 15 is 0 Å². The molecule has 0 saturated carbocycles. The number of benzene rings is 1. The van der Waals surface area contributed by atoms with Gasteiger partial charge in [-0.05, 0) is 51.5 Å². The molecule has 7 nitrogen and oxygen atoms in total. The van der Waals surface area contributed by atoms with Crippen LogP contribution in [-0.4, -0.2) is 45.0 Å². The summed E-state index contributed by atoms with van der Waals surface area (Å²) >= 11 is 0. The van der Waals surface area contributed by atoms with Crippen LogP contribution >= 0.6 is 0 Å². The number of rotatable bonds is 12. The van der Waals surface area contributed by atoms with E-state index in [9.17, 15) is 13.2 Å². The van der Waals surface area contributed by atoms with E-state index in [0.717, 1.165) is 0 Å². The normalized spacial score (nSPS) is 14.6. The third kappa shape index (κ3) is 7.41. The molecule has 1 heterocycles. The van der Waals surface area contributed by atoms with Gasteiger partial charge < -0.3 is 14.2 Å². The molecule has 0 bridgehead atoms. The molecule has 0 spiro atoms. The molecule has 2 aromatic rings. The van der Waals surface area contributed by atoms with Crippen molar-refractivity contribution in [3.8, 4) is 0 Å². The molecule has 170 valence electrons. The van der Waals surface area contributed by atoms with Gasteiger partial charge in [-0.2, -0.15) is 0 Å². The minimum atomic E-state index is -3.56. The molecule has 8 heteroatoms. The number of pyridine rings is 1. The van der Waals surface area contributed by atoms with E-state index in [4.69, 9.17) is 14.2 Å². The summed E-state index contributed by atoms with van der Waals surface area (Å²) in [5.41, 5.74) is 1.07. The summed E-state index contributed by atoms with van der Waals surface area (Å²) in [5, 5.41) is 0. The number of carbonyl (C=O) groups excluding carboxylic acids is 1. The smallest absolute Gasteiger partial charge is 0.311 e. The van der Waals surface area contributed by atoms with Crippen LogP contribution in [0.1, 0.15) is 39.0 Å². The van der Waals surface area contributed by atoms with Gasteiger partial charge in [0, 0.05) is 24.9 Å². The van der Waals surface area contributed by atoms with E-state index in [1.165, 1.54) is 0 Å². The van der Waals surface area contributed by atoms with Gasteiger partial charge in [-0.1, -0.05) is 24.3 Å². The second-order valence-electron chi connectivity index (χ2n) is 7.11. The fraction of sp³-hybridized carbons (Fsp3) is 0.478. The second-order valence-corrected chi connectivity index (χ2v) is 9.10. The van der Waals surface area contributed by atoms with Crippen LogP contribution in [0.15, 0.2) is 53.6 Å². The molecular formula is C23H31NO6S. The third-order valence-corrected chi connectivity index (χ3v) is 6.49. The number of nitrogens with zero attached hydrogens (tertiary/aromatic N) is 1. The van der Waals surface area contributed by atoms with Crippen molar-refractivity contribution < 1.29 is 27.4 Å². The van der Waals surface area contributed by atoms with Crippen LogP contribution in [0.2, 0.25) is 0 Å². The van der Waals surface area contributed by atoms with Crippen molar-refractivity contribution >= 4 is 15.8 Å². The molecule has 31 heavy (non-hydrogen) atoms. The Bertz CT molecular complexity index is 932. The van der Waals surface area contributed by atoms with Crippen LogP contribution in [-0.2, 0) is 41.0 Å². The highest BCUT2D eigenvalue weighted by Gasteiger charge is 2.31. The fourth-order valence-electron chi connectivity index (χ4n) is 3.27. The first-order valence-corrected chi connectivity index (χ1v) is 12.1. The van der Waals surface area contributed by atoms with E-state index in [1.54, 1.807) is 69.4 Å². The van der Waals surface area contributed by atoms with Crippen LogP contribution in [0.4, 0.5) is 0 Å². The molecule has 0 aliphatic heterocycles. The first-order valence-electron chi connectivity index (χ1n) is 10.4. The van der Waals surface area contributed by atoms with Gasteiger partial charge in [0.1, 0.15) is 0 Å². The lowest BCUT2D eigenvalue weighted by Crippen LogP contribution is -2.35. The maximum Gasteiger partial charge on any atom is 0.311 e. The zero-order valence-corrected chi connectivity index (χ0v) is 19.3. The molecule has 0 amide bonds. The van der Waals surface area contributed by atoms with Crippen molar-refractivity contribution in [2.75, 3.05) is 13.2 Å². The minimum Gasteiger partial charge on any atom is -0.466 e.